The van der Waals surface area contributed by atoms with Crippen LogP contribution < -0.4 is 9.64 Å². The van der Waals surface area contributed by atoms with E-state index in [1.807, 2.05) is 25.1 Å². The van der Waals surface area contributed by atoms with Gasteiger partial charge in [-0.3, -0.25) is 4.79 Å². The second kappa shape index (κ2) is 5.64. The quantitative estimate of drug-likeness (QED) is 0.585. The maximum atomic E-state index is 12.2. The first kappa shape index (κ1) is 13.9. The lowest BCUT2D eigenvalue weighted by Gasteiger charge is -2.29. The Balaban J connectivity index is 2.07. The Morgan fingerprint density at radius 3 is 2.90 bits per heavy atom. The highest BCUT2D eigenvalue weighted by atomic mass is 16.9. The van der Waals surface area contributed by atoms with E-state index in [0.29, 0.717) is 11.3 Å². The van der Waals surface area contributed by atoms with E-state index in [9.17, 15) is 14.9 Å². The molecule has 0 unspecified atom stereocenters. The lowest BCUT2D eigenvalue weighted by molar-refractivity contribution is -0.757. The molecule has 1 aromatic rings. The van der Waals surface area contributed by atoms with Gasteiger partial charge in [0.05, 0.1) is 5.56 Å². The van der Waals surface area contributed by atoms with Crippen molar-refractivity contribution in [1.29, 1.82) is 0 Å². The molecule has 1 heterocycles. The Hall–Kier alpha value is -2.51. The average Bonchev–Trinajstić information content (AvgIpc) is 2.40. The summed E-state index contributed by atoms with van der Waals surface area (Å²) >= 11 is 0. The molecule has 2 rings (SSSR count). The Bertz CT molecular complexity index is 532. The first-order chi connectivity index (χ1) is 9.49. The van der Waals surface area contributed by atoms with Gasteiger partial charge in [0, 0.05) is 32.4 Å². The molecule has 1 aliphatic rings. The lowest BCUT2D eigenvalue weighted by atomic mass is 10.1. The molecule has 0 N–H and O–H groups in total. The van der Waals surface area contributed by atoms with Crippen LogP contribution in [0.1, 0.15) is 10.4 Å². The highest BCUT2D eigenvalue weighted by Crippen LogP contribution is 2.29. The third-order valence-corrected chi connectivity index (χ3v) is 2.93. The smallest absolute Gasteiger partial charge is 0.294 e. The van der Waals surface area contributed by atoms with Crippen molar-refractivity contribution >= 4 is 11.6 Å². The Kier molecular flexibility index (Phi) is 3.92. The van der Waals surface area contributed by atoms with Crippen molar-refractivity contribution in [3.05, 3.63) is 33.9 Å². The van der Waals surface area contributed by atoms with Gasteiger partial charge >= 0.3 is 0 Å². The van der Waals surface area contributed by atoms with Gasteiger partial charge in [0.15, 0.2) is 6.73 Å². The third-order valence-electron chi connectivity index (χ3n) is 2.93. The van der Waals surface area contributed by atoms with Crippen LogP contribution in [0.15, 0.2) is 18.2 Å². The van der Waals surface area contributed by atoms with E-state index in [1.54, 1.807) is 12.1 Å². The summed E-state index contributed by atoms with van der Waals surface area (Å²) in [5, 5.41) is 9.18. The maximum Gasteiger partial charge on any atom is 0.294 e. The monoisotopic (exact) mass is 281 g/mol. The van der Waals surface area contributed by atoms with Crippen LogP contribution in [0.25, 0.3) is 0 Å². The van der Waals surface area contributed by atoms with Crippen LogP contribution in [0.4, 0.5) is 5.69 Å². The van der Waals surface area contributed by atoms with Gasteiger partial charge in [0.1, 0.15) is 12.4 Å². The van der Waals surface area contributed by atoms with E-state index < -0.39 is 5.09 Å². The number of hydrogen-bond donors (Lipinski definition) is 0. The van der Waals surface area contributed by atoms with Crippen molar-refractivity contribution in [2.45, 2.75) is 0 Å². The van der Waals surface area contributed by atoms with Crippen LogP contribution in [0.5, 0.6) is 5.75 Å². The summed E-state index contributed by atoms with van der Waals surface area (Å²) in [4.78, 5) is 29.7. The largest absolute Gasteiger partial charge is 0.472 e. The first-order valence-corrected chi connectivity index (χ1v) is 6.00. The zero-order chi connectivity index (χ0) is 14.7. The minimum absolute atomic E-state index is 0.0593. The Labute approximate surface area is 115 Å². The van der Waals surface area contributed by atoms with E-state index in [4.69, 9.17) is 4.74 Å². The molecule has 1 aliphatic heterocycles. The molecule has 0 atom stereocenters. The predicted molar refractivity (Wildman–Crippen MR) is 70.2 cm³/mol. The molecule has 8 nitrogen and oxygen atoms in total. The minimum atomic E-state index is -0.882. The summed E-state index contributed by atoms with van der Waals surface area (Å²) in [6.45, 7) is -0.00824. The standard InChI is InChI=1S/C12H15N3O5/c1-13(2)9-3-4-10-11(7-9)19-8-14(12(10)16)5-6-20-15(17)18/h3-4,7H,5-6,8H2,1-2H3. The van der Waals surface area contributed by atoms with Gasteiger partial charge in [0.25, 0.3) is 11.0 Å². The summed E-state index contributed by atoms with van der Waals surface area (Å²) in [6.07, 6.45) is 0. The number of anilines is 1. The molecular weight excluding hydrogens is 266 g/mol. The van der Waals surface area contributed by atoms with Crippen LogP contribution in [-0.4, -0.2) is 49.9 Å². The van der Waals surface area contributed by atoms with E-state index >= 15 is 0 Å². The average molecular weight is 281 g/mol. The number of fused-ring (bicyclic) bond motifs is 1. The summed E-state index contributed by atoms with van der Waals surface area (Å²) in [5.74, 6) is 0.302. The van der Waals surface area contributed by atoms with Gasteiger partial charge in [-0.25, -0.2) is 0 Å². The molecule has 108 valence electrons. The zero-order valence-electron chi connectivity index (χ0n) is 11.2. The number of nitrogens with zero attached hydrogens (tertiary/aromatic N) is 3. The number of carbonyl (C=O) groups excluding carboxylic acids is 1. The molecule has 0 bridgehead atoms. The fourth-order valence-corrected chi connectivity index (χ4v) is 1.85. The number of hydrogen-bond acceptors (Lipinski definition) is 6. The number of ether oxygens (including phenoxy) is 1. The highest BCUT2D eigenvalue weighted by molar-refractivity contribution is 5.98. The number of rotatable bonds is 5. The molecule has 20 heavy (non-hydrogen) atoms. The molecule has 0 saturated heterocycles. The minimum Gasteiger partial charge on any atom is -0.472 e. The van der Waals surface area contributed by atoms with Gasteiger partial charge in [0.2, 0.25) is 0 Å². The molecule has 0 aliphatic carbocycles. The lowest BCUT2D eigenvalue weighted by Crippen LogP contribution is -2.40. The molecule has 0 saturated carbocycles. The first-order valence-electron chi connectivity index (χ1n) is 6.00. The van der Waals surface area contributed by atoms with Crippen LogP contribution in [0.2, 0.25) is 0 Å². The number of amides is 1. The zero-order valence-corrected chi connectivity index (χ0v) is 11.2. The topological polar surface area (TPSA) is 85.2 Å². The molecule has 8 heteroatoms. The fourth-order valence-electron chi connectivity index (χ4n) is 1.85. The van der Waals surface area contributed by atoms with Gasteiger partial charge in [-0.2, -0.15) is 0 Å². The molecule has 1 amide bonds. The van der Waals surface area contributed by atoms with E-state index in [1.165, 1.54) is 4.90 Å². The third kappa shape index (κ3) is 2.90. The second-order valence-corrected chi connectivity index (χ2v) is 4.47. The summed E-state index contributed by atoms with van der Waals surface area (Å²) in [7, 11) is 3.79. The van der Waals surface area contributed by atoms with Crippen molar-refractivity contribution in [3.8, 4) is 5.75 Å². The molecule has 0 aromatic heterocycles. The highest BCUT2D eigenvalue weighted by Gasteiger charge is 2.25. The molecule has 1 aromatic carbocycles. The van der Waals surface area contributed by atoms with Crippen LogP contribution in [0.3, 0.4) is 0 Å². The van der Waals surface area contributed by atoms with E-state index in [-0.39, 0.29) is 25.8 Å². The Morgan fingerprint density at radius 1 is 1.50 bits per heavy atom. The van der Waals surface area contributed by atoms with Crippen molar-refractivity contribution in [3.63, 3.8) is 0 Å². The van der Waals surface area contributed by atoms with Crippen molar-refractivity contribution < 1.29 is 19.5 Å². The van der Waals surface area contributed by atoms with E-state index in [0.717, 1.165) is 5.69 Å². The maximum absolute atomic E-state index is 12.2. The van der Waals surface area contributed by atoms with Gasteiger partial charge in [-0.05, 0) is 12.1 Å². The van der Waals surface area contributed by atoms with Gasteiger partial charge in [-0.15, -0.1) is 10.1 Å². The normalized spacial score (nSPS) is 13.5. The number of benzene rings is 1. The van der Waals surface area contributed by atoms with Crippen molar-refractivity contribution in [2.24, 2.45) is 0 Å². The van der Waals surface area contributed by atoms with Crippen LogP contribution in [0, 0.1) is 10.1 Å². The SMILES string of the molecule is CN(C)c1ccc2c(c1)OCN(CCO[N+](=O)[O-])C2=O. The van der Waals surface area contributed by atoms with Crippen molar-refractivity contribution in [1.82, 2.24) is 4.90 Å². The Morgan fingerprint density at radius 2 is 2.25 bits per heavy atom. The predicted octanol–water partition coefficient (Wildman–Crippen LogP) is 0.753. The van der Waals surface area contributed by atoms with Crippen LogP contribution >= 0.6 is 0 Å². The van der Waals surface area contributed by atoms with Gasteiger partial charge in [-0.1, -0.05) is 0 Å². The van der Waals surface area contributed by atoms with Gasteiger partial charge < -0.3 is 19.4 Å². The van der Waals surface area contributed by atoms with Crippen LogP contribution in [-0.2, 0) is 4.84 Å². The summed E-state index contributed by atoms with van der Waals surface area (Å²) in [5.41, 5.74) is 1.38. The van der Waals surface area contributed by atoms with E-state index in [2.05, 4.69) is 4.84 Å². The summed E-state index contributed by atoms with van der Waals surface area (Å²) < 4.78 is 5.51. The number of carbonyl (C=O) groups is 1. The molecule has 0 fully saturated rings. The van der Waals surface area contributed by atoms with Crippen molar-refractivity contribution in [2.75, 3.05) is 38.9 Å². The molecule has 0 spiro atoms. The summed E-state index contributed by atoms with van der Waals surface area (Å²) in [6, 6.07) is 5.29. The fraction of sp³-hybridized carbons (Fsp3) is 0.417. The molecule has 0 radical (unpaired) electrons. The molecular formula is C12H15N3O5. The second-order valence-electron chi connectivity index (χ2n) is 4.47.